The number of carbonyl (C=O) groups excluding carboxylic acids is 1. The summed E-state index contributed by atoms with van der Waals surface area (Å²) in [6.45, 7) is 3.78. The van der Waals surface area contributed by atoms with Crippen LogP contribution in [0.25, 0.3) is 0 Å². The number of benzene rings is 1. The number of hydrogen-bond donors (Lipinski definition) is 4. The molecule has 6 heteroatoms. The quantitative estimate of drug-likeness (QED) is 0.506. The van der Waals surface area contributed by atoms with Gasteiger partial charge in [0.05, 0.1) is 0 Å². The van der Waals surface area contributed by atoms with Crippen LogP contribution in [-0.2, 0) is 4.79 Å². The zero-order chi connectivity index (χ0) is 12.5. The van der Waals surface area contributed by atoms with E-state index >= 15 is 0 Å². The molecule has 0 saturated heterocycles. The number of aryl methyl sites for hydroxylation is 2. The first-order chi connectivity index (χ1) is 7.23. The standard InChI is InChI=1S/C10H14NO2PS2/c1-6-3-4-7(2)8(5-6)9(10(11)12)14(13,15)16/h3-5,9,13,15-16H,1-2H3,(H-,11,12)/p+1. The number of thiol groups is 2. The molecule has 0 radical (unpaired) electrons. The zero-order valence-corrected chi connectivity index (χ0v) is 11.8. The van der Waals surface area contributed by atoms with E-state index < -0.39 is 17.5 Å². The molecule has 0 heterocycles. The molecule has 1 atom stereocenters. The summed E-state index contributed by atoms with van der Waals surface area (Å²) in [7, 11) is 0. The van der Waals surface area contributed by atoms with Crippen LogP contribution in [0, 0.1) is 13.8 Å². The highest BCUT2D eigenvalue weighted by Gasteiger charge is 2.45. The van der Waals surface area contributed by atoms with E-state index in [-0.39, 0.29) is 0 Å². The van der Waals surface area contributed by atoms with Crippen LogP contribution in [0.4, 0.5) is 0 Å². The summed E-state index contributed by atoms with van der Waals surface area (Å²) in [6.07, 6.45) is 0. The Morgan fingerprint density at radius 1 is 1.44 bits per heavy atom. The van der Waals surface area contributed by atoms with Crippen LogP contribution in [0.3, 0.4) is 0 Å². The second-order valence-electron chi connectivity index (χ2n) is 3.78. The predicted molar refractivity (Wildman–Crippen MR) is 75.0 cm³/mol. The predicted octanol–water partition coefficient (Wildman–Crippen LogP) is 2.44. The van der Waals surface area contributed by atoms with Gasteiger partial charge >= 0.3 is 0 Å². The molecule has 1 rings (SSSR count). The van der Waals surface area contributed by atoms with Crippen LogP contribution < -0.4 is 5.73 Å². The normalized spacial score (nSPS) is 13.6. The Hall–Kier alpha value is -0.220. The summed E-state index contributed by atoms with van der Waals surface area (Å²) in [5.74, 6) is -3.54. The van der Waals surface area contributed by atoms with Gasteiger partial charge < -0.3 is 5.73 Å². The Labute approximate surface area is 106 Å². The van der Waals surface area contributed by atoms with Crippen molar-refractivity contribution in [3.05, 3.63) is 34.9 Å². The molecule has 1 aromatic rings. The van der Waals surface area contributed by atoms with Crippen LogP contribution in [0.2, 0.25) is 0 Å². The van der Waals surface area contributed by atoms with E-state index in [4.69, 9.17) is 5.73 Å². The van der Waals surface area contributed by atoms with Gasteiger partial charge in [-0.05, 0) is 19.4 Å². The SMILES string of the molecule is Cc1ccc(C)c(C(C(N)=O)[P+](O)(S)S)c1. The fraction of sp³-hybridized carbons (Fsp3) is 0.300. The van der Waals surface area contributed by atoms with Gasteiger partial charge in [-0.1, -0.05) is 23.8 Å². The largest absolute Gasteiger partial charge is 0.366 e. The first kappa shape index (κ1) is 13.8. The van der Waals surface area contributed by atoms with Gasteiger partial charge in [0.2, 0.25) is 5.66 Å². The molecule has 0 bridgehead atoms. The highest BCUT2D eigenvalue weighted by atomic mass is 33.1. The number of rotatable bonds is 3. The Bertz CT molecular complexity index is 418. The summed E-state index contributed by atoms with van der Waals surface area (Å²) in [4.78, 5) is 21.3. The lowest BCUT2D eigenvalue weighted by atomic mass is 10.0. The maximum absolute atomic E-state index is 11.4. The van der Waals surface area contributed by atoms with Crippen molar-refractivity contribution in [2.24, 2.45) is 5.73 Å². The van der Waals surface area contributed by atoms with Crippen molar-refractivity contribution in [3.63, 3.8) is 0 Å². The third-order valence-corrected chi connectivity index (χ3v) is 4.96. The molecule has 16 heavy (non-hydrogen) atoms. The lowest BCUT2D eigenvalue weighted by molar-refractivity contribution is -0.117. The van der Waals surface area contributed by atoms with Crippen LogP contribution in [-0.4, -0.2) is 10.8 Å². The summed E-state index contributed by atoms with van der Waals surface area (Å²) in [6, 6.07) is 5.66. The highest BCUT2D eigenvalue weighted by Crippen LogP contribution is 2.74. The number of amides is 1. The van der Waals surface area contributed by atoms with Crippen LogP contribution >= 0.6 is 30.4 Å². The summed E-state index contributed by atoms with van der Waals surface area (Å²) >= 11 is 8.02. The van der Waals surface area contributed by atoms with Gasteiger partial charge in [-0.25, -0.2) is 4.89 Å². The van der Waals surface area contributed by atoms with E-state index in [1.807, 2.05) is 32.0 Å². The third kappa shape index (κ3) is 3.14. The molecule has 0 aliphatic carbocycles. The van der Waals surface area contributed by atoms with Gasteiger partial charge in [-0.3, -0.25) is 4.79 Å². The zero-order valence-electron chi connectivity index (χ0n) is 9.08. The van der Waals surface area contributed by atoms with Crippen molar-refractivity contribution >= 4 is 36.3 Å². The van der Waals surface area contributed by atoms with Crippen molar-refractivity contribution in [1.82, 2.24) is 0 Å². The number of primary amides is 1. The fourth-order valence-electron chi connectivity index (χ4n) is 1.57. The number of carbonyl (C=O) groups is 1. The van der Waals surface area contributed by atoms with Crippen LogP contribution in [0.15, 0.2) is 18.2 Å². The second-order valence-corrected chi connectivity index (χ2v) is 10.1. The van der Waals surface area contributed by atoms with Gasteiger partial charge in [-0.2, -0.15) is 0 Å². The molecule has 0 aliphatic heterocycles. The summed E-state index contributed by atoms with van der Waals surface area (Å²) in [5, 5.41) is 0. The molecule has 0 saturated carbocycles. The lowest BCUT2D eigenvalue weighted by Gasteiger charge is -2.18. The summed E-state index contributed by atoms with van der Waals surface area (Å²) in [5.41, 5.74) is 7.07. The van der Waals surface area contributed by atoms with Gasteiger partial charge in [0.15, 0.2) is 0 Å². The van der Waals surface area contributed by atoms with Gasteiger partial charge in [-0.15, -0.1) is 0 Å². The second kappa shape index (κ2) is 4.96. The molecule has 0 spiro atoms. The Kier molecular flexibility index (Phi) is 4.29. The van der Waals surface area contributed by atoms with E-state index in [1.54, 1.807) is 0 Å². The third-order valence-electron chi connectivity index (χ3n) is 2.35. The van der Waals surface area contributed by atoms with E-state index in [9.17, 15) is 9.69 Å². The topological polar surface area (TPSA) is 63.3 Å². The van der Waals surface area contributed by atoms with Crippen molar-refractivity contribution in [3.8, 4) is 0 Å². The first-order valence-corrected chi connectivity index (χ1v) is 8.78. The van der Waals surface area contributed by atoms with Gasteiger partial charge in [0, 0.05) is 30.1 Å². The average molecular weight is 276 g/mol. The van der Waals surface area contributed by atoms with Crippen molar-refractivity contribution in [1.29, 1.82) is 0 Å². The molecular weight excluding hydrogens is 261 g/mol. The molecule has 0 aromatic heterocycles. The smallest absolute Gasteiger partial charge is 0.269 e. The maximum Gasteiger partial charge on any atom is 0.269 e. The van der Waals surface area contributed by atoms with E-state index in [2.05, 4.69) is 24.5 Å². The van der Waals surface area contributed by atoms with E-state index in [1.165, 1.54) is 0 Å². The molecule has 3 N–H and O–H groups in total. The average Bonchev–Trinajstić information content (AvgIpc) is 2.08. The Balaban J connectivity index is 3.32. The number of hydrogen-bond acceptors (Lipinski definition) is 4. The van der Waals surface area contributed by atoms with Gasteiger partial charge in [0.25, 0.3) is 11.8 Å². The molecule has 1 unspecified atom stereocenters. The van der Waals surface area contributed by atoms with Crippen molar-refractivity contribution in [2.75, 3.05) is 0 Å². The van der Waals surface area contributed by atoms with E-state index in [0.29, 0.717) is 5.56 Å². The first-order valence-electron chi connectivity index (χ1n) is 4.67. The molecule has 1 amide bonds. The minimum Gasteiger partial charge on any atom is -0.366 e. The number of nitrogens with two attached hydrogens (primary N) is 1. The monoisotopic (exact) mass is 276 g/mol. The molecular formula is C10H15NO2PS2+. The maximum atomic E-state index is 11.4. The molecule has 0 fully saturated rings. The Morgan fingerprint density at radius 3 is 2.44 bits per heavy atom. The van der Waals surface area contributed by atoms with Crippen molar-refractivity contribution in [2.45, 2.75) is 19.5 Å². The molecule has 1 aromatic carbocycles. The van der Waals surface area contributed by atoms with Crippen LogP contribution in [0.1, 0.15) is 22.3 Å². The molecule has 88 valence electrons. The minimum atomic E-state index is -2.94. The van der Waals surface area contributed by atoms with Crippen LogP contribution in [0.5, 0.6) is 0 Å². The van der Waals surface area contributed by atoms with Crippen molar-refractivity contribution < 1.29 is 9.69 Å². The van der Waals surface area contributed by atoms with Gasteiger partial charge in [0.1, 0.15) is 0 Å². The minimum absolute atomic E-state index is 0.602. The highest BCUT2D eigenvalue weighted by molar-refractivity contribution is 8.83. The fourth-order valence-corrected chi connectivity index (χ4v) is 3.99. The molecule has 3 nitrogen and oxygen atoms in total. The summed E-state index contributed by atoms with van der Waals surface area (Å²) < 4.78 is 0. The Morgan fingerprint density at radius 2 is 2.00 bits per heavy atom. The molecule has 0 aliphatic rings. The lowest BCUT2D eigenvalue weighted by Crippen LogP contribution is -2.22. The van der Waals surface area contributed by atoms with E-state index in [0.717, 1.165) is 11.1 Å².